The summed E-state index contributed by atoms with van der Waals surface area (Å²) in [6.45, 7) is 3.47. The van der Waals surface area contributed by atoms with Crippen molar-refractivity contribution in [3.05, 3.63) is 47.8 Å². The van der Waals surface area contributed by atoms with Crippen LogP contribution in [0.25, 0.3) is 16.9 Å². The van der Waals surface area contributed by atoms with Crippen molar-refractivity contribution < 1.29 is 9.84 Å². The lowest BCUT2D eigenvalue weighted by Gasteiger charge is -2.15. The van der Waals surface area contributed by atoms with E-state index in [4.69, 9.17) is 9.72 Å². The van der Waals surface area contributed by atoms with Crippen LogP contribution in [0.2, 0.25) is 0 Å². The Labute approximate surface area is 164 Å². The molecule has 0 radical (unpaired) electrons. The van der Waals surface area contributed by atoms with Crippen LogP contribution in [0.15, 0.2) is 36.5 Å². The van der Waals surface area contributed by atoms with Gasteiger partial charge in [0.2, 0.25) is 0 Å². The molecule has 1 aliphatic carbocycles. The highest BCUT2D eigenvalue weighted by Gasteiger charge is 2.21. The van der Waals surface area contributed by atoms with E-state index in [2.05, 4.69) is 22.1 Å². The Morgan fingerprint density at radius 2 is 2.04 bits per heavy atom. The van der Waals surface area contributed by atoms with Crippen LogP contribution in [0.3, 0.4) is 0 Å². The Morgan fingerprint density at radius 3 is 2.86 bits per heavy atom. The zero-order valence-electron chi connectivity index (χ0n) is 16.0. The zero-order valence-corrected chi connectivity index (χ0v) is 16.0. The molecular weight excluding hydrogens is 352 g/mol. The van der Waals surface area contributed by atoms with E-state index in [9.17, 15) is 5.11 Å². The second kappa shape index (κ2) is 7.53. The monoisotopic (exact) mass is 378 g/mol. The van der Waals surface area contributed by atoms with Gasteiger partial charge < -0.3 is 14.7 Å². The van der Waals surface area contributed by atoms with Gasteiger partial charge in [0.05, 0.1) is 24.6 Å². The summed E-state index contributed by atoms with van der Waals surface area (Å²) < 4.78 is 7.89. The Balaban J connectivity index is 1.27. The maximum absolute atomic E-state index is 9.58. The van der Waals surface area contributed by atoms with Crippen molar-refractivity contribution in [1.82, 2.24) is 19.5 Å². The third kappa shape index (κ3) is 3.38. The van der Waals surface area contributed by atoms with E-state index in [0.717, 1.165) is 68.7 Å². The Kier molecular flexibility index (Phi) is 4.74. The highest BCUT2D eigenvalue weighted by molar-refractivity contribution is 5.68. The van der Waals surface area contributed by atoms with Crippen LogP contribution in [-0.4, -0.2) is 56.9 Å². The van der Waals surface area contributed by atoms with Gasteiger partial charge in [-0.15, -0.1) is 0 Å². The summed E-state index contributed by atoms with van der Waals surface area (Å²) >= 11 is 0. The van der Waals surface area contributed by atoms with Gasteiger partial charge in [-0.25, -0.2) is 9.50 Å². The fourth-order valence-corrected chi connectivity index (χ4v) is 4.42. The normalized spacial score (nSPS) is 19.4. The maximum atomic E-state index is 9.58. The summed E-state index contributed by atoms with van der Waals surface area (Å²) in [7, 11) is 0. The van der Waals surface area contributed by atoms with Crippen molar-refractivity contribution in [2.24, 2.45) is 0 Å². The van der Waals surface area contributed by atoms with E-state index in [1.807, 2.05) is 28.9 Å². The first-order chi connectivity index (χ1) is 13.8. The predicted octanol–water partition coefficient (Wildman–Crippen LogP) is 2.72. The second-order valence-electron chi connectivity index (χ2n) is 7.81. The van der Waals surface area contributed by atoms with Crippen molar-refractivity contribution >= 4 is 5.65 Å². The highest BCUT2D eigenvalue weighted by atomic mass is 16.5. The van der Waals surface area contributed by atoms with Gasteiger partial charge in [0, 0.05) is 42.5 Å². The number of aromatic nitrogens is 3. The molecule has 1 atom stereocenters. The summed E-state index contributed by atoms with van der Waals surface area (Å²) in [5.74, 6) is 0.896. The number of β-amino-alcohol motifs (C(OH)–C–C–N with tert-alkyl or cyclic N) is 1. The van der Waals surface area contributed by atoms with Gasteiger partial charge in [0.25, 0.3) is 0 Å². The minimum Gasteiger partial charge on any atom is -0.494 e. The van der Waals surface area contributed by atoms with Gasteiger partial charge in [-0.1, -0.05) is 0 Å². The Hall–Kier alpha value is -2.44. The molecule has 0 amide bonds. The summed E-state index contributed by atoms with van der Waals surface area (Å²) in [5.41, 5.74) is 5.80. The highest BCUT2D eigenvalue weighted by Crippen LogP contribution is 2.32. The van der Waals surface area contributed by atoms with Crippen LogP contribution in [0.4, 0.5) is 0 Å². The average molecular weight is 378 g/mol. The molecule has 28 heavy (non-hydrogen) atoms. The summed E-state index contributed by atoms with van der Waals surface area (Å²) in [6, 6.07) is 10.3. The molecule has 0 saturated carbocycles. The largest absolute Gasteiger partial charge is 0.494 e. The number of fused-ring (bicyclic) bond motifs is 2. The van der Waals surface area contributed by atoms with Crippen LogP contribution >= 0.6 is 0 Å². The first-order valence-corrected chi connectivity index (χ1v) is 10.3. The lowest BCUT2D eigenvalue weighted by Crippen LogP contribution is -2.24. The van der Waals surface area contributed by atoms with E-state index in [-0.39, 0.29) is 6.10 Å². The molecular formula is C22H26N4O2. The van der Waals surface area contributed by atoms with Crippen molar-refractivity contribution in [3.8, 4) is 17.0 Å². The first-order valence-electron chi connectivity index (χ1n) is 10.3. The molecule has 0 bridgehead atoms. The Morgan fingerprint density at radius 1 is 1.14 bits per heavy atom. The molecule has 1 aliphatic heterocycles. The van der Waals surface area contributed by atoms with E-state index < -0.39 is 0 Å². The standard InChI is InChI=1S/C22H26N4O2/c27-17-10-13-25(15-17)12-2-14-28-18-7-5-16(6-8-18)22-19-3-1-4-20(19)24-21-9-11-23-26(21)22/h5-9,11,17,27H,1-4,10,12-15H2/t17-/m1/s1. The lowest BCUT2D eigenvalue weighted by atomic mass is 10.0. The summed E-state index contributed by atoms with van der Waals surface area (Å²) in [4.78, 5) is 7.06. The van der Waals surface area contributed by atoms with Crippen LogP contribution in [0, 0.1) is 0 Å². The van der Waals surface area contributed by atoms with Gasteiger partial charge in [0.15, 0.2) is 5.65 Å². The maximum Gasteiger partial charge on any atom is 0.155 e. The quantitative estimate of drug-likeness (QED) is 0.668. The van der Waals surface area contributed by atoms with E-state index in [0.29, 0.717) is 6.61 Å². The zero-order chi connectivity index (χ0) is 18.9. The number of rotatable bonds is 6. The number of ether oxygens (including phenoxy) is 1. The molecule has 2 aliphatic rings. The molecule has 2 aromatic heterocycles. The third-order valence-electron chi connectivity index (χ3n) is 5.82. The fourth-order valence-electron chi connectivity index (χ4n) is 4.42. The topological polar surface area (TPSA) is 62.9 Å². The van der Waals surface area contributed by atoms with Crippen LogP contribution in [0.1, 0.15) is 30.5 Å². The number of benzene rings is 1. The van der Waals surface area contributed by atoms with Crippen molar-refractivity contribution in [2.75, 3.05) is 26.2 Å². The van der Waals surface area contributed by atoms with Gasteiger partial charge in [-0.05, 0) is 56.4 Å². The summed E-state index contributed by atoms with van der Waals surface area (Å²) in [6.07, 6.45) is 6.82. The number of hydrogen-bond donors (Lipinski definition) is 1. The van der Waals surface area contributed by atoms with Crippen molar-refractivity contribution in [1.29, 1.82) is 0 Å². The molecule has 146 valence electrons. The van der Waals surface area contributed by atoms with Gasteiger partial charge in [0.1, 0.15) is 5.75 Å². The predicted molar refractivity (Wildman–Crippen MR) is 108 cm³/mol. The van der Waals surface area contributed by atoms with E-state index in [1.165, 1.54) is 17.0 Å². The van der Waals surface area contributed by atoms with E-state index >= 15 is 0 Å². The molecule has 0 unspecified atom stereocenters. The summed E-state index contributed by atoms with van der Waals surface area (Å²) in [5, 5.41) is 14.1. The minimum atomic E-state index is -0.149. The number of likely N-dealkylation sites (tertiary alicyclic amines) is 1. The van der Waals surface area contributed by atoms with Gasteiger partial charge in [-0.2, -0.15) is 5.10 Å². The number of hydrogen-bond acceptors (Lipinski definition) is 5. The molecule has 5 rings (SSSR count). The van der Waals surface area contributed by atoms with Crippen molar-refractivity contribution in [2.45, 2.75) is 38.2 Å². The molecule has 6 heteroatoms. The number of aryl methyl sites for hydroxylation is 1. The molecule has 1 aromatic carbocycles. The van der Waals surface area contributed by atoms with Crippen LogP contribution in [0.5, 0.6) is 5.75 Å². The average Bonchev–Trinajstić information content (AvgIpc) is 3.44. The molecule has 1 fully saturated rings. The fraction of sp³-hybridized carbons (Fsp3) is 0.455. The molecule has 1 N–H and O–H groups in total. The molecule has 6 nitrogen and oxygen atoms in total. The Bertz CT molecular complexity index is 967. The van der Waals surface area contributed by atoms with Gasteiger partial charge in [-0.3, -0.25) is 0 Å². The minimum absolute atomic E-state index is 0.149. The van der Waals surface area contributed by atoms with E-state index in [1.54, 1.807) is 0 Å². The van der Waals surface area contributed by atoms with Gasteiger partial charge >= 0.3 is 0 Å². The number of aliphatic hydroxyl groups is 1. The molecule has 0 spiro atoms. The smallest absolute Gasteiger partial charge is 0.155 e. The molecule has 3 aromatic rings. The van der Waals surface area contributed by atoms with Crippen LogP contribution < -0.4 is 4.74 Å². The second-order valence-corrected chi connectivity index (χ2v) is 7.81. The first kappa shape index (κ1) is 17.6. The SMILES string of the molecule is O[C@@H]1CCN(CCCOc2ccc(-c3c4c(nc5ccnn35)CCC4)cc2)C1. The van der Waals surface area contributed by atoms with Crippen LogP contribution in [-0.2, 0) is 12.8 Å². The number of aliphatic hydroxyl groups excluding tert-OH is 1. The number of nitrogens with zero attached hydrogens (tertiary/aromatic N) is 4. The molecule has 1 saturated heterocycles. The third-order valence-corrected chi connectivity index (χ3v) is 5.82. The molecule has 3 heterocycles. The lowest BCUT2D eigenvalue weighted by molar-refractivity contribution is 0.173. The van der Waals surface area contributed by atoms with Crippen molar-refractivity contribution in [3.63, 3.8) is 0 Å².